The monoisotopic (exact) mass is 224 g/mol. The molecule has 1 aromatic heterocycles. The van der Waals surface area contributed by atoms with Gasteiger partial charge in [0.05, 0.1) is 6.42 Å². The maximum atomic E-state index is 9.25. The predicted octanol–water partition coefficient (Wildman–Crippen LogP) is 2.10. The zero-order chi connectivity index (χ0) is 10.7. The van der Waals surface area contributed by atoms with E-state index in [1.54, 1.807) is 18.2 Å². The van der Waals surface area contributed by atoms with Crippen LogP contribution in [0.1, 0.15) is 17.3 Å². The van der Waals surface area contributed by atoms with Crippen molar-refractivity contribution in [3.8, 4) is 5.75 Å². The number of hydrogen-bond acceptors (Lipinski definition) is 4. The Hall–Kier alpha value is -1.55. The van der Waals surface area contributed by atoms with Crippen LogP contribution in [-0.2, 0) is 12.3 Å². The third kappa shape index (κ3) is 2.47. The van der Waals surface area contributed by atoms with Gasteiger partial charge in [-0.2, -0.15) is 0 Å². The topological polar surface area (TPSA) is 59.2 Å². The smallest absolute Gasteiger partial charge is 0.231 e. The second kappa shape index (κ2) is 4.31. The van der Waals surface area contributed by atoms with Crippen LogP contribution in [0.3, 0.4) is 0 Å². The summed E-state index contributed by atoms with van der Waals surface area (Å²) < 4.78 is 5.24. The second-order valence-corrected chi connectivity index (χ2v) is 3.34. The standard InChI is InChI=1S/C10H9ClN2O2/c11-6-10-13-12-9(15-10)5-7-2-1-3-8(14)4-7/h1-4,14H,5-6H2. The lowest BCUT2D eigenvalue weighted by Crippen LogP contribution is -1.87. The fourth-order valence-corrected chi connectivity index (χ4v) is 1.36. The number of aromatic hydroxyl groups is 1. The minimum Gasteiger partial charge on any atom is -0.508 e. The van der Waals surface area contributed by atoms with Crippen molar-refractivity contribution in [2.45, 2.75) is 12.3 Å². The number of phenols is 1. The Morgan fingerprint density at radius 3 is 2.73 bits per heavy atom. The van der Waals surface area contributed by atoms with Gasteiger partial charge in [0.25, 0.3) is 0 Å². The van der Waals surface area contributed by atoms with Crippen LogP contribution < -0.4 is 0 Å². The summed E-state index contributed by atoms with van der Waals surface area (Å²) in [4.78, 5) is 0. The number of alkyl halides is 1. The zero-order valence-corrected chi connectivity index (χ0v) is 8.61. The zero-order valence-electron chi connectivity index (χ0n) is 7.85. The first-order valence-electron chi connectivity index (χ1n) is 4.43. The molecule has 4 nitrogen and oxygen atoms in total. The lowest BCUT2D eigenvalue weighted by atomic mass is 10.1. The van der Waals surface area contributed by atoms with Crippen molar-refractivity contribution in [3.63, 3.8) is 0 Å². The van der Waals surface area contributed by atoms with E-state index < -0.39 is 0 Å². The highest BCUT2D eigenvalue weighted by Gasteiger charge is 2.05. The highest BCUT2D eigenvalue weighted by molar-refractivity contribution is 6.16. The van der Waals surface area contributed by atoms with Gasteiger partial charge < -0.3 is 9.52 Å². The van der Waals surface area contributed by atoms with Gasteiger partial charge in [0.1, 0.15) is 11.6 Å². The molecule has 0 amide bonds. The van der Waals surface area contributed by atoms with Crippen LogP contribution in [0.25, 0.3) is 0 Å². The van der Waals surface area contributed by atoms with Gasteiger partial charge in [-0.25, -0.2) is 0 Å². The molecule has 2 rings (SSSR count). The molecule has 0 unspecified atom stereocenters. The number of hydrogen-bond donors (Lipinski definition) is 1. The van der Waals surface area contributed by atoms with Crippen LogP contribution in [0.4, 0.5) is 0 Å². The highest BCUT2D eigenvalue weighted by atomic mass is 35.5. The van der Waals surface area contributed by atoms with Gasteiger partial charge in [0.15, 0.2) is 0 Å². The summed E-state index contributed by atoms with van der Waals surface area (Å²) in [6.07, 6.45) is 0.498. The van der Waals surface area contributed by atoms with Crippen molar-refractivity contribution in [2.24, 2.45) is 0 Å². The van der Waals surface area contributed by atoms with Gasteiger partial charge >= 0.3 is 0 Å². The second-order valence-electron chi connectivity index (χ2n) is 3.07. The van der Waals surface area contributed by atoms with Crippen LogP contribution in [-0.4, -0.2) is 15.3 Å². The number of rotatable bonds is 3. The van der Waals surface area contributed by atoms with E-state index in [2.05, 4.69) is 10.2 Å². The normalized spacial score (nSPS) is 10.5. The van der Waals surface area contributed by atoms with Gasteiger partial charge in [-0.05, 0) is 17.7 Å². The van der Waals surface area contributed by atoms with E-state index in [9.17, 15) is 5.11 Å². The lowest BCUT2D eigenvalue weighted by molar-refractivity contribution is 0.468. The molecule has 0 atom stereocenters. The molecular formula is C10H9ClN2O2. The lowest BCUT2D eigenvalue weighted by Gasteiger charge is -1.97. The first-order valence-corrected chi connectivity index (χ1v) is 4.96. The maximum Gasteiger partial charge on any atom is 0.231 e. The summed E-state index contributed by atoms with van der Waals surface area (Å²) in [5.41, 5.74) is 0.916. The Kier molecular flexibility index (Phi) is 2.87. The number of benzene rings is 1. The average Bonchev–Trinajstić information content (AvgIpc) is 2.65. The largest absolute Gasteiger partial charge is 0.508 e. The van der Waals surface area contributed by atoms with Crippen molar-refractivity contribution in [1.82, 2.24) is 10.2 Å². The molecule has 1 heterocycles. The minimum atomic E-state index is 0.215. The average molecular weight is 225 g/mol. The Labute approximate surface area is 91.5 Å². The highest BCUT2D eigenvalue weighted by Crippen LogP contribution is 2.14. The molecule has 5 heteroatoms. The molecule has 1 N–H and O–H groups in total. The molecule has 0 saturated carbocycles. The predicted molar refractivity (Wildman–Crippen MR) is 54.8 cm³/mol. The van der Waals surface area contributed by atoms with Crippen LogP contribution in [0.2, 0.25) is 0 Å². The quantitative estimate of drug-likeness (QED) is 0.812. The molecule has 0 aliphatic carbocycles. The van der Waals surface area contributed by atoms with E-state index in [0.29, 0.717) is 18.2 Å². The third-order valence-electron chi connectivity index (χ3n) is 1.89. The van der Waals surface area contributed by atoms with Gasteiger partial charge in [-0.3, -0.25) is 0 Å². The van der Waals surface area contributed by atoms with Crippen molar-refractivity contribution >= 4 is 11.6 Å². The number of nitrogens with zero attached hydrogens (tertiary/aromatic N) is 2. The molecule has 15 heavy (non-hydrogen) atoms. The van der Waals surface area contributed by atoms with E-state index in [4.69, 9.17) is 16.0 Å². The number of aromatic nitrogens is 2. The van der Waals surface area contributed by atoms with E-state index in [1.807, 2.05) is 6.07 Å². The molecule has 0 spiro atoms. The van der Waals surface area contributed by atoms with Crippen LogP contribution in [0.15, 0.2) is 28.7 Å². The molecule has 0 bridgehead atoms. The summed E-state index contributed by atoms with van der Waals surface area (Å²) in [6, 6.07) is 6.92. The van der Waals surface area contributed by atoms with E-state index in [0.717, 1.165) is 5.56 Å². The van der Waals surface area contributed by atoms with Gasteiger partial charge in [0, 0.05) is 0 Å². The summed E-state index contributed by atoms with van der Waals surface area (Å²) >= 11 is 5.53. The molecule has 0 fully saturated rings. The van der Waals surface area contributed by atoms with Crippen LogP contribution >= 0.6 is 11.6 Å². The number of phenolic OH excluding ortho intramolecular Hbond substituents is 1. The molecule has 1 aromatic carbocycles. The molecule has 0 saturated heterocycles. The maximum absolute atomic E-state index is 9.25. The SMILES string of the molecule is Oc1cccc(Cc2nnc(CCl)o2)c1. The molecule has 78 valence electrons. The summed E-state index contributed by atoms with van der Waals surface area (Å²) in [5.74, 6) is 1.35. The Morgan fingerprint density at radius 2 is 2.07 bits per heavy atom. The van der Waals surface area contributed by atoms with Gasteiger partial charge in [-0.15, -0.1) is 21.8 Å². The Bertz CT molecular complexity index is 456. The van der Waals surface area contributed by atoms with Crippen molar-refractivity contribution < 1.29 is 9.52 Å². The molecule has 0 aliphatic heterocycles. The van der Waals surface area contributed by atoms with Crippen molar-refractivity contribution in [1.29, 1.82) is 0 Å². The molecule has 0 aliphatic rings. The molecule has 0 radical (unpaired) electrons. The van der Waals surface area contributed by atoms with Gasteiger partial charge in [0.2, 0.25) is 11.8 Å². The third-order valence-corrected chi connectivity index (χ3v) is 2.12. The van der Waals surface area contributed by atoms with Gasteiger partial charge in [-0.1, -0.05) is 12.1 Å². The van der Waals surface area contributed by atoms with Crippen LogP contribution in [0.5, 0.6) is 5.75 Å². The van der Waals surface area contributed by atoms with Crippen LogP contribution in [0, 0.1) is 0 Å². The van der Waals surface area contributed by atoms with Crippen molar-refractivity contribution in [2.75, 3.05) is 0 Å². The minimum absolute atomic E-state index is 0.215. The summed E-state index contributed by atoms with van der Waals surface area (Å²) in [7, 11) is 0. The molecule has 2 aromatic rings. The summed E-state index contributed by atoms with van der Waals surface area (Å²) in [6.45, 7) is 0. The first kappa shape index (κ1) is 9.98. The fraction of sp³-hybridized carbons (Fsp3) is 0.200. The fourth-order valence-electron chi connectivity index (χ4n) is 1.25. The van der Waals surface area contributed by atoms with Crippen molar-refractivity contribution in [3.05, 3.63) is 41.6 Å². The summed E-state index contributed by atoms with van der Waals surface area (Å²) in [5, 5.41) is 16.8. The number of halogens is 1. The molecular weight excluding hydrogens is 216 g/mol. The van der Waals surface area contributed by atoms with E-state index >= 15 is 0 Å². The Balaban J connectivity index is 2.14. The first-order chi connectivity index (χ1) is 7.28. The van der Waals surface area contributed by atoms with E-state index in [1.165, 1.54) is 0 Å². The Morgan fingerprint density at radius 1 is 1.27 bits per heavy atom. The van der Waals surface area contributed by atoms with E-state index in [-0.39, 0.29) is 11.6 Å².